The van der Waals surface area contributed by atoms with Crippen LogP contribution < -0.4 is 5.73 Å². The minimum atomic E-state index is -0.183. The van der Waals surface area contributed by atoms with Crippen LogP contribution in [0.1, 0.15) is 52.4 Å². The van der Waals surface area contributed by atoms with E-state index >= 15 is 0 Å². The van der Waals surface area contributed by atoms with E-state index < -0.39 is 0 Å². The van der Waals surface area contributed by atoms with E-state index in [0.717, 1.165) is 25.7 Å². The predicted octanol–water partition coefficient (Wildman–Crippen LogP) is 1.90. The van der Waals surface area contributed by atoms with Crippen molar-refractivity contribution in [1.82, 2.24) is 4.90 Å². The van der Waals surface area contributed by atoms with E-state index in [0.29, 0.717) is 12.5 Å². The molecule has 0 saturated heterocycles. The van der Waals surface area contributed by atoms with Gasteiger partial charge in [-0.05, 0) is 32.6 Å². The Morgan fingerprint density at radius 2 is 2.13 bits per heavy atom. The highest BCUT2D eigenvalue weighted by molar-refractivity contribution is 5.77. The van der Waals surface area contributed by atoms with E-state index in [9.17, 15) is 4.79 Å². The third-order valence-corrected chi connectivity index (χ3v) is 3.61. The number of hydrogen-bond donors (Lipinski definition) is 1. The molecule has 1 atom stereocenters. The molecule has 0 bridgehead atoms. The molecule has 0 aromatic rings. The summed E-state index contributed by atoms with van der Waals surface area (Å²) in [7, 11) is 1.89. The number of amides is 1. The van der Waals surface area contributed by atoms with Crippen LogP contribution in [0.5, 0.6) is 0 Å². The maximum absolute atomic E-state index is 11.9. The second-order valence-electron chi connectivity index (χ2n) is 5.04. The molecule has 15 heavy (non-hydrogen) atoms. The smallest absolute Gasteiger partial charge is 0.224 e. The van der Waals surface area contributed by atoms with E-state index in [1.54, 1.807) is 0 Å². The van der Waals surface area contributed by atoms with Gasteiger partial charge in [-0.15, -0.1) is 0 Å². The summed E-state index contributed by atoms with van der Waals surface area (Å²) in [5.41, 5.74) is 5.88. The Morgan fingerprint density at radius 1 is 1.53 bits per heavy atom. The van der Waals surface area contributed by atoms with Crippen molar-refractivity contribution in [2.24, 2.45) is 5.73 Å². The summed E-state index contributed by atoms with van der Waals surface area (Å²) in [6.45, 7) is 4.25. The zero-order valence-corrected chi connectivity index (χ0v) is 10.3. The fourth-order valence-corrected chi connectivity index (χ4v) is 2.09. The minimum Gasteiger partial charge on any atom is -0.343 e. The van der Waals surface area contributed by atoms with Crippen LogP contribution in [-0.2, 0) is 4.79 Å². The van der Waals surface area contributed by atoms with Crippen molar-refractivity contribution in [2.45, 2.75) is 64.0 Å². The van der Waals surface area contributed by atoms with Crippen LogP contribution >= 0.6 is 0 Å². The Kier molecular flexibility index (Phi) is 4.14. The molecule has 3 nitrogen and oxygen atoms in total. The van der Waals surface area contributed by atoms with Gasteiger partial charge in [-0.1, -0.05) is 13.3 Å². The second-order valence-corrected chi connectivity index (χ2v) is 5.04. The molecule has 3 heteroatoms. The van der Waals surface area contributed by atoms with Gasteiger partial charge in [0.2, 0.25) is 5.91 Å². The molecule has 0 spiro atoms. The topological polar surface area (TPSA) is 46.3 Å². The van der Waals surface area contributed by atoms with Gasteiger partial charge in [-0.25, -0.2) is 0 Å². The molecule has 1 rings (SSSR count). The number of hydrogen-bond acceptors (Lipinski definition) is 2. The summed E-state index contributed by atoms with van der Waals surface area (Å²) >= 11 is 0. The van der Waals surface area contributed by atoms with Crippen molar-refractivity contribution in [2.75, 3.05) is 7.05 Å². The van der Waals surface area contributed by atoms with E-state index in [-0.39, 0.29) is 11.4 Å². The highest BCUT2D eigenvalue weighted by Crippen LogP contribution is 2.32. The number of rotatable bonds is 5. The zero-order valence-electron chi connectivity index (χ0n) is 10.3. The highest BCUT2D eigenvalue weighted by Gasteiger charge is 2.35. The van der Waals surface area contributed by atoms with Crippen molar-refractivity contribution >= 4 is 5.91 Å². The number of nitrogens with two attached hydrogens (primary N) is 1. The van der Waals surface area contributed by atoms with Gasteiger partial charge in [0, 0.05) is 25.0 Å². The van der Waals surface area contributed by atoms with Crippen LogP contribution in [0.3, 0.4) is 0 Å². The molecule has 0 aromatic heterocycles. The highest BCUT2D eigenvalue weighted by atomic mass is 16.2. The lowest BCUT2D eigenvalue weighted by atomic mass is 9.75. The Labute approximate surface area is 93.0 Å². The molecule has 1 amide bonds. The lowest BCUT2D eigenvalue weighted by molar-refractivity contribution is -0.133. The molecule has 1 unspecified atom stereocenters. The first-order chi connectivity index (χ1) is 6.98. The van der Waals surface area contributed by atoms with Gasteiger partial charge < -0.3 is 10.6 Å². The fourth-order valence-electron chi connectivity index (χ4n) is 2.09. The van der Waals surface area contributed by atoms with Crippen LogP contribution in [0.2, 0.25) is 0 Å². The molecule has 0 aliphatic heterocycles. The maximum atomic E-state index is 11.9. The monoisotopic (exact) mass is 212 g/mol. The van der Waals surface area contributed by atoms with Crippen molar-refractivity contribution < 1.29 is 4.79 Å². The first-order valence-electron chi connectivity index (χ1n) is 6.03. The molecule has 0 aromatic carbocycles. The Hall–Kier alpha value is -0.570. The maximum Gasteiger partial charge on any atom is 0.224 e. The Bertz CT molecular complexity index is 224. The standard InChI is InChI=1S/C12H24N2O/c1-4-6-10(2)14(3)11(15)9-12(13)7-5-8-12/h10H,4-9,13H2,1-3H3. The van der Waals surface area contributed by atoms with Crippen molar-refractivity contribution in [3.05, 3.63) is 0 Å². The number of nitrogens with zero attached hydrogens (tertiary/aromatic N) is 1. The van der Waals surface area contributed by atoms with E-state index in [4.69, 9.17) is 5.73 Å². The predicted molar refractivity (Wildman–Crippen MR) is 62.5 cm³/mol. The molecule has 1 aliphatic rings. The lowest BCUT2D eigenvalue weighted by Gasteiger charge is -2.39. The summed E-state index contributed by atoms with van der Waals surface area (Å²) in [5, 5.41) is 0. The van der Waals surface area contributed by atoms with Crippen LogP contribution in [0.25, 0.3) is 0 Å². The molecule has 0 radical (unpaired) electrons. The summed E-state index contributed by atoms with van der Waals surface area (Å²) in [6.07, 6.45) is 5.91. The molecule has 0 heterocycles. The summed E-state index contributed by atoms with van der Waals surface area (Å²) in [4.78, 5) is 13.8. The van der Waals surface area contributed by atoms with Gasteiger partial charge in [0.15, 0.2) is 0 Å². The first-order valence-corrected chi connectivity index (χ1v) is 6.03. The third-order valence-electron chi connectivity index (χ3n) is 3.61. The molecule has 1 fully saturated rings. The van der Waals surface area contributed by atoms with Gasteiger partial charge in [0.05, 0.1) is 0 Å². The quantitative estimate of drug-likeness (QED) is 0.756. The lowest BCUT2D eigenvalue weighted by Crippen LogP contribution is -2.51. The van der Waals surface area contributed by atoms with E-state index in [1.165, 1.54) is 6.42 Å². The Morgan fingerprint density at radius 3 is 2.53 bits per heavy atom. The zero-order chi connectivity index (χ0) is 11.5. The fraction of sp³-hybridized carbons (Fsp3) is 0.917. The average Bonchev–Trinajstić information content (AvgIpc) is 2.14. The first kappa shape index (κ1) is 12.5. The van der Waals surface area contributed by atoms with Gasteiger partial charge >= 0.3 is 0 Å². The summed E-state index contributed by atoms with van der Waals surface area (Å²) < 4.78 is 0. The normalized spacial score (nSPS) is 20.5. The third kappa shape index (κ3) is 3.20. The number of carbonyl (C=O) groups is 1. The van der Waals surface area contributed by atoms with Crippen LogP contribution in [0.15, 0.2) is 0 Å². The second kappa shape index (κ2) is 4.97. The molecular weight excluding hydrogens is 188 g/mol. The van der Waals surface area contributed by atoms with Gasteiger partial charge in [0.1, 0.15) is 0 Å². The summed E-state index contributed by atoms with van der Waals surface area (Å²) in [5.74, 6) is 0.207. The van der Waals surface area contributed by atoms with Crippen molar-refractivity contribution in [1.29, 1.82) is 0 Å². The van der Waals surface area contributed by atoms with E-state index in [2.05, 4.69) is 13.8 Å². The van der Waals surface area contributed by atoms with Gasteiger partial charge in [0.25, 0.3) is 0 Å². The van der Waals surface area contributed by atoms with Crippen LogP contribution in [-0.4, -0.2) is 29.4 Å². The molecular formula is C12H24N2O. The van der Waals surface area contributed by atoms with Crippen LogP contribution in [0.4, 0.5) is 0 Å². The van der Waals surface area contributed by atoms with E-state index in [1.807, 2.05) is 11.9 Å². The molecule has 2 N–H and O–H groups in total. The van der Waals surface area contributed by atoms with Crippen molar-refractivity contribution in [3.8, 4) is 0 Å². The minimum absolute atomic E-state index is 0.183. The van der Waals surface area contributed by atoms with Gasteiger partial charge in [-0.3, -0.25) is 4.79 Å². The van der Waals surface area contributed by atoms with Crippen LogP contribution in [0, 0.1) is 0 Å². The average molecular weight is 212 g/mol. The van der Waals surface area contributed by atoms with Gasteiger partial charge in [-0.2, -0.15) is 0 Å². The summed E-state index contributed by atoms with van der Waals surface area (Å²) in [6, 6.07) is 0.339. The molecule has 1 aliphatic carbocycles. The number of carbonyl (C=O) groups excluding carboxylic acids is 1. The largest absolute Gasteiger partial charge is 0.343 e. The molecule has 1 saturated carbocycles. The van der Waals surface area contributed by atoms with Crippen molar-refractivity contribution in [3.63, 3.8) is 0 Å². The SMILES string of the molecule is CCCC(C)N(C)C(=O)CC1(N)CCC1. The Balaban J connectivity index is 2.38. The molecule has 88 valence electrons.